The van der Waals surface area contributed by atoms with Crippen LogP contribution in [0.25, 0.3) is 11.3 Å². The van der Waals surface area contributed by atoms with Crippen LogP contribution in [0.5, 0.6) is 0 Å². The minimum absolute atomic E-state index is 0.0368. The van der Waals surface area contributed by atoms with E-state index >= 15 is 0 Å². The summed E-state index contributed by atoms with van der Waals surface area (Å²) in [6.45, 7) is 10.6. The Labute approximate surface area is 181 Å². The lowest BCUT2D eigenvalue weighted by Gasteiger charge is -2.34. The van der Waals surface area contributed by atoms with Crippen molar-refractivity contribution in [2.24, 2.45) is 0 Å². The molecular formula is C22H21BrF2IN. The Balaban J connectivity index is 0.00000126. The molecule has 1 aliphatic rings. The molecule has 142 valence electrons. The number of allylic oxidation sites excluding steroid dienone is 3. The van der Waals surface area contributed by atoms with Gasteiger partial charge in [0.1, 0.15) is 11.6 Å². The summed E-state index contributed by atoms with van der Waals surface area (Å²) in [7, 11) is 0. The average Bonchev–Trinajstić information content (AvgIpc) is 2.66. The van der Waals surface area contributed by atoms with Crippen molar-refractivity contribution in [2.75, 3.05) is 6.54 Å². The molecule has 2 aromatic rings. The predicted octanol–water partition coefficient (Wildman–Crippen LogP) is 7.79. The van der Waals surface area contributed by atoms with Crippen LogP contribution in [0.3, 0.4) is 0 Å². The van der Waals surface area contributed by atoms with Crippen LogP contribution in [0.4, 0.5) is 8.78 Å². The largest absolute Gasteiger partial charge is 0.340 e. The number of likely N-dealkylation sites (N-methyl/N-ethyl adjacent to an activating group) is 1. The molecule has 0 radical (unpaired) electrons. The van der Waals surface area contributed by atoms with Gasteiger partial charge in [-0.05, 0) is 53.3 Å². The summed E-state index contributed by atoms with van der Waals surface area (Å²) in [5.74, 6) is -1.21. The molecule has 0 atom stereocenters. The van der Waals surface area contributed by atoms with E-state index in [1.807, 2.05) is 62.1 Å². The van der Waals surface area contributed by atoms with Crippen LogP contribution in [0.2, 0.25) is 0 Å². The first-order valence-electron chi connectivity index (χ1n) is 8.72. The molecule has 0 aliphatic carbocycles. The maximum absolute atomic E-state index is 14.7. The highest BCUT2D eigenvalue weighted by Crippen LogP contribution is 2.42. The third-order valence-electron chi connectivity index (χ3n) is 4.04. The highest BCUT2D eigenvalue weighted by atomic mass is 127. The van der Waals surface area contributed by atoms with Crippen LogP contribution >= 0.6 is 38.5 Å². The van der Waals surface area contributed by atoms with E-state index in [4.69, 9.17) is 0 Å². The van der Waals surface area contributed by atoms with E-state index in [-0.39, 0.29) is 5.56 Å². The molecule has 5 heteroatoms. The van der Waals surface area contributed by atoms with Crippen LogP contribution in [0, 0.1) is 11.6 Å². The lowest BCUT2D eigenvalue weighted by molar-refractivity contribution is 0.509. The van der Waals surface area contributed by atoms with Crippen molar-refractivity contribution >= 4 is 49.8 Å². The first-order chi connectivity index (χ1) is 12.9. The predicted molar refractivity (Wildman–Crippen MR) is 122 cm³/mol. The van der Waals surface area contributed by atoms with Crippen molar-refractivity contribution in [1.29, 1.82) is 0 Å². The second-order valence-corrected chi connectivity index (χ2v) is 7.63. The van der Waals surface area contributed by atoms with Crippen molar-refractivity contribution in [2.45, 2.75) is 20.8 Å². The van der Waals surface area contributed by atoms with E-state index in [1.54, 1.807) is 0 Å². The van der Waals surface area contributed by atoms with Gasteiger partial charge in [-0.3, -0.25) is 0 Å². The van der Waals surface area contributed by atoms with Crippen LogP contribution in [0.15, 0.2) is 68.9 Å². The molecule has 0 bridgehead atoms. The molecule has 0 N–H and O–H groups in total. The maximum atomic E-state index is 14.7. The molecule has 1 nitrogen and oxygen atoms in total. The molecule has 0 fully saturated rings. The van der Waals surface area contributed by atoms with E-state index in [0.717, 1.165) is 20.4 Å². The molecule has 0 aromatic heterocycles. The standard InChI is InChI=1S/C20H15BrF2IN.C2H6/c1-3-25-12(2)18(24)11-15(13-7-5-4-6-8-13)20(25)19-16(22)9-14(21)10-17(19)23;1-2/h4-11H,2-3H2,1H3;1-2H3. The van der Waals surface area contributed by atoms with Gasteiger partial charge in [0.25, 0.3) is 0 Å². The van der Waals surface area contributed by atoms with Gasteiger partial charge in [0.2, 0.25) is 0 Å². The van der Waals surface area contributed by atoms with Crippen molar-refractivity contribution < 1.29 is 8.78 Å². The summed E-state index contributed by atoms with van der Waals surface area (Å²) in [5.41, 5.74) is 2.88. The summed E-state index contributed by atoms with van der Waals surface area (Å²) in [4.78, 5) is 1.86. The first-order valence-corrected chi connectivity index (χ1v) is 10.6. The van der Waals surface area contributed by atoms with Crippen molar-refractivity contribution in [1.82, 2.24) is 4.90 Å². The van der Waals surface area contributed by atoms with Gasteiger partial charge in [0.15, 0.2) is 0 Å². The fraction of sp³-hybridized carbons (Fsp3) is 0.182. The average molecular weight is 544 g/mol. The lowest BCUT2D eigenvalue weighted by atomic mass is 9.94. The second-order valence-electron chi connectivity index (χ2n) is 5.56. The van der Waals surface area contributed by atoms with Crippen molar-refractivity contribution in [3.63, 3.8) is 0 Å². The third kappa shape index (κ3) is 4.51. The highest BCUT2D eigenvalue weighted by molar-refractivity contribution is 14.1. The zero-order valence-corrected chi connectivity index (χ0v) is 19.2. The van der Waals surface area contributed by atoms with Crippen LogP contribution in [0.1, 0.15) is 31.9 Å². The maximum Gasteiger partial charge on any atom is 0.136 e. The number of hydrogen-bond donors (Lipinski definition) is 0. The third-order valence-corrected chi connectivity index (χ3v) is 5.43. The molecule has 0 amide bonds. The number of nitrogens with zero attached hydrogens (tertiary/aromatic N) is 1. The van der Waals surface area contributed by atoms with E-state index in [9.17, 15) is 8.78 Å². The first kappa shape index (κ1) is 21.8. The molecule has 1 heterocycles. The smallest absolute Gasteiger partial charge is 0.136 e. The molecule has 27 heavy (non-hydrogen) atoms. The van der Waals surface area contributed by atoms with Gasteiger partial charge >= 0.3 is 0 Å². The second kappa shape index (κ2) is 9.64. The van der Waals surface area contributed by atoms with Crippen LogP contribution in [-0.4, -0.2) is 11.4 Å². The van der Waals surface area contributed by atoms with E-state index in [1.165, 1.54) is 12.1 Å². The zero-order valence-electron chi connectivity index (χ0n) is 15.5. The summed E-state index contributed by atoms with van der Waals surface area (Å²) in [6.07, 6.45) is 1.93. The summed E-state index contributed by atoms with van der Waals surface area (Å²) in [5, 5.41) is 0. The molecule has 0 spiro atoms. The van der Waals surface area contributed by atoms with Gasteiger partial charge < -0.3 is 4.90 Å². The summed E-state index contributed by atoms with van der Waals surface area (Å²) < 4.78 is 30.8. The lowest BCUT2D eigenvalue weighted by Crippen LogP contribution is -2.25. The Morgan fingerprint density at radius 3 is 2.15 bits per heavy atom. The minimum atomic E-state index is -0.605. The van der Waals surface area contributed by atoms with Gasteiger partial charge in [-0.15, -0.1) is 0 Å². The number of rotatable bonds is 3. The quantitative estimate of drug-likeness (QED) is 0.357. The van der Waals surface area contributed by atoms with E-state index in [0.29, 0.717) is 16.7 Å². The van der Waals surface area contributed by atoms with Crippen molar-refractivity contribution in [3.8, 4) is 0 Å². The Morgan fingerprint density at radius 2 is 1.63 bits per heavy atom. The summed E-state index contributed by atoms with van der Waals surface area (Å²) in [6, 6.07) is 12.2. The Kier molecular flexibility index (Phi) is 7.79. The highest BCUT2D eigenvalue weighted by Gasteiger charge is 2.28. The SMILES string of the molecule is C=C1C(I)=CC(c2ccccc2)=C(c2c(F)cc(Br)cc2F)N1CC.CC. The van der Waals surface area contributed by atoms with Crippen molar-refractivity contribution in [3.05, 3.63) is 91.6 Å². The minimum Gasteiger partial charge on any atom is -0.340 e. The van der Waals surface area contributed by atoms with Crippen LogP contribution < -0.4 is 0 Å². The fourth-order valence-electron chi connectivity index (χ4n) is 2.91. The molecule has 0 saturated carbocycles. The van der Waals surface area contributed by atoms with Gasteiger partial charge in [0, 0.05) is 25.9 Å². The number of benzene rings is 2. The molecular weight excluding hydrogens is 523 g/mol. The number of halogens is 4. The van der Waals surface area contributed by atoms with Gasteiger partial charge in [-0.25, -0.2) is 8.78 Å². The Bertz CT molecular complexity index is 881. The van der Waals surface area contributed by atoms with Gasteiger partial charge in [0.05, 0.1) is 11.3 Å². The molecule has 1 aliphatic heterocycles. The molecule has 2 aromatic carbocycles. The monoisotopic (exact) mass is 543 g/mol. The summed E-state index contributed by atoms with van der Waals surface area (Å²) >= 11 is 5.35. The molecule has 0 unspecified atom stereocenters. The van der Waals surface area contributed by atoms with E-state index < -0.39 is 11.6 Å². The zero-order chi connectivity index (χ0) is 20.1. The number of hydrogen-bond acceptors (Lipinski definition) is 1. The van der Waals surface area contributed by atoms with Gasteiger partial charge in [-0.2, -0.15) is 0 Å². The fourth-order valence-corrected chi connectivity index (χ4v) is 3.92. The topological polar surface area (TPSA) is 3.24 Å². The van der Waals surface area contributed by atoms with E-state index in [2.05, 4.69) is 45.1 Å². The molecule has 0 saturated heterocycles. The van der Waals surface area contributed by atoms with Crippen LogP contribution in [-0.2, 0) is 0 Å². The molecule has 3 rings (SSSR count). The Hall–Kier alpha value is -1.47. The normalized spacial score (nSPS) is 14.0. The Morgan fingerprint density at radius 1 is 1.07 bits per heavy atom. The van der Waals surface area contributed by atoms with Gasteiger partial charge in [-0.1, -0.05) is 66.7 Å².